The van der Waals surface area contributed by atoms with Crippen molar-refractivity contribution in [2.24, 2.45) is 0 Å². The second kappa shape index (κ2) is 6.83. The summed E-state index contributed by atoms with van der Waals surface area (Å²) in [5.74, 6) is -0.186. The van der Waals surface area contributed by atoms with Crippen LogP contribution >= 0.6 is 0 Å². The van der Waals surface area contributed by atoms with Crippen molar-refractivity contribution in [2.45, 2.75) is 37.8 Å². The van der Waals surface area contributed by atoms with E-state index < -0.39 is 11.7 Å². The maximum atomic E-state index is 12.9. The molecule has 2 amide bonds. The van der Waals surface area contributed by atoms with E-state index in [1.165, 1.54) is 4.90 Å². The molecule has 2 aromatic carbocycles. The van der Waals surface area contributed by atoms with Crippen LogP contribution in [-0.2, 0) is 16.1 Å². The van der Waals surface area contributed by atoms with Gasteiger partial charge in [0.2, 0.25) is 0 Å². The van der Waals surface area contributed by atoms with Gasteiger partial charge in [0, 0.05) is 12.2 Å². The number of amides is 2. The molecular formula is C21H22N2O3. The zero-order chi connectivity index (χ0) is 18.0. The third-order valence-electron chi connectivity index (χ3n) is 5.20. The van der Waals surface area contributed by atoms with Crippen LogP contribution in [0.5, 0.6) is 0 Å². The summed E-state index contributed by atoms with van der Waals surface area (Å²) in [6.45, 7) is 0.799. The SMILES string of the molecule is O=C1OC2(CCCC2)C(=O)N1CN(Cc1ccccc1)c1ccccc1. The number of anilines is 1. The Labute approximate surface area is 153 Å². The molecule has 0 bridgehead atoms. The number of hydrogen-bond donors (Lipinski definition) is 0. The van der Waals surface area contributed by atoms with Gasteiger partial charge in [0.05, 0.1) is 0 Å². The van der Waals surface area contributed by atoms with Gasteiger partial charge in [0.15, 0.2) is 5.60 Å². The lowest BCUT2D eigenvalue weighted by molar-refractivity contribution is -0.136. The van der Waals surface area contributed by atoms with Crippen molar-refractivity contribution in [3.05, 3.63) is 66.2 Å². The first kappa shape index (κ1) is 16.6. The predicted octanol–water partition coefficient (Wildman–Crippen LogP) is 3.94. The molecule has 2 aromatic rings. The first-order valence-electron chi connectivity index (χ1n) is 9.07. The molecule has 5 heteroatoms. The number of benzene rings is 2. The number of ether oxygens (including phenoxy) is 1. The molecule has 1 saturated heterocycles. The fourth-order valence-corrected chi connectivity index (χ4v) is 3.82. The Balaban J connectivity index is 1.58. The van der Waals surface area contributed by atoms with Crippen LogP contribution in [0.1, 0.15) is 31.2 Å². The summed E-state index contributed by atoms with van der Waals surface area (Å²) in [5, 5.41) is 0. The van der Waals surface area contributed by atoms with Crippen LogP contribution in [0.3, 0.4) is 0 Å². The third kappa shape index (κ3) is 3.05. The van der Waals surface area contributed by atoms with Crippen molar-refractivity contribution in [3.8, 4) is 0 Å². The minimum atomic E-state index is -0.911. The minimum absolute atomic E-state index is 0.186. The Morgan fingerprint density at radius 3 is 2.19 bits per heavy atom. The smallest absolute Gasteiger partial charge is 0.419 e. The normalized spacial score (nSPS) is 18.4. The highest BCUT2D eigenvalue weighted by Crippen LogP contribution is 2.39. The van der Waals surface area contributed by atoms with Crippen LogP contribution in [0, 0.1) is 0 Å². The van der Waals surface area contributed by atoms with E-state index in [9.17, 15) is 9.59 Å². The van der Waals surface area contributed by atoms with Crippen molar-refractivity contribution in [1.82, 2.24) is 4.90 Å². The average molecular weight is 350 g/mol. The summed E-state index contributed by atoms with van der Waals surface area (Å²) in [7, 11) is 0. The van der Waals surface area contributed by atoms with Gasteiger partial charge in [-0.3, -0.25) is 4.79 Å². The van der Waals surface area contributed by atoms with Crippen LogP contribution in [0.25, 0.3) is 0 Å². The van der Waals surface area contributed by atoms with E-state index >= 15 is 0 Å². The maximum absolute atomic E-state index is 12.9. The molecule has 1 saturated carbocycles. The summed E-state index contributed by atoms with van der Waals surface area (Å²) in [6, 6.07) is 19.9. The van der Waals surface area contributed by atoms with E-state index in [4.69, 9.17) is 4.74 Å². The first-order chi connectivity index (χ1) is 12.7. The summed E-state index contributed by atoms with van der Waals surface area (Å²) in [4.78, 5) is 28.6. The topological polar surface area (TPSA) is 49.9 Å². The molecule has 2 aliphatic rings. The van der Waals surface area contributed by atoms with Gasteiger partial charge in [-0.15, -0.1) is 0 Å². The van der Waals surface area contributed by atoms with Crippen molar-refractivity contribution < 1.29 is 14.3 Å². The zero-order valence-electron chi connectivity index (χ0n) is 14.6. The lowest BCUT2D eigenvalue weighted by atomic mass is 10.0. The molecule has 4 rings (SSSR count). The van der Waals surface area contributed by atoms with Crippen LogP contribution in [0.4, 0.5) is 10.5 Å². The van der Waals surface area contributed by atoms with Crippen molar-refractivity contribution in [2.75, 3.05) is 11.6 Å². The lowest BCUT2D eigenvalue weighted by Gasteiger charge is -2.28. The third-order valence-corrected chi connectivity index (χ3v) is 5.20. The second-order valence-corrected chi connectivity index (χ2v) is 6.96. The van der Waals surface area contributed by atoms with Gasteiger partial charge in [-0.25, -0.2) is 9.69 Å². The highest BCUT2D eigenvalue weighted by Gasteiger charge is 2.55. The first-order valence-corrected chi connectivity index (χ1v) is 9.07. The Morgan fingerprint density at radius 2 is 1.54 bits per heavy atom. The molecule has 1 heterocycles. The van der Waals surface area contributed by atoms with Gasteiger partial charge in [0.25, 0.3) is 5.91 Å². The van der Waals surface area contributed by atoms with E-state index in [1.807, 2.05) is 65.6 Å². The number of carbonyl (C=O) groups is 2. The van der Waals surface area contributed by atoms with E-state index in [0.717, 1.165) is 24.1 Å². The van der Waals surface area contributed by atoms with E-state index in [1.54, 1.807) is 0 Å². The molecule has 5 nitrogen and oxygen atoms in total. The fourth-order valence-electron chi connectivity index (χ4n) is 3.82. The quantitative estimate of drug-likeness (QED) is 0.819. The Kier molecular flexibility index (Phi) is 4.37. The van der Waals surface area contributed by atoms with Crippen LogP contribution in [0.2, 0.25) is 0 Å². The molecule has 0 atom stereocenters. The van der Waals surface area contributed by atoms with Gasteiger partial charge in [-0.1, -0.05) is 48.5 Å². The number of hydrogen-bond acceptors (Lipinski definition) is 4. The zero-order valence-corrected chi connectivity index (χ0v) is 14.6. The summed E-state index contributed by atoms with van der Waals surface area (Å²) < 4.78 is 5.53. The molecule has 1 aliphatic heterocycles. The van der Waals surface area contributed by atoms with Crippen LogP contribution in [0.15, 0.2) is 60.7 Å². The van der Waals surface area contributed by atoms with Crippen LogP contribution in [-0.4, -0.2) is 29.2 Å². The van der Waals surface area contributed by atoms with Gasteiger partial charge >= 0.3 is 6.09 Å². The molecule has 1 aliphatic carbocycles. The van der Waals surface area contributed by atoms with E-state index in [2.05, 4.69) is 0 Å². The van der Waals surface area contributed by atoms with Crippen molar-refractivity contribution in [1.29, 1.82) is 0 Å². The Morgan fingerprint density at radius 1 is 0.923 bits per heavy atom. The average Bonchev–Trinajstić information content (AvgIpc) is 3.23. The van der Waals surface area contributed by atoms with Gasteiger partial charge in [-0.2, -0.15) is 0 Å². The standard InChI is InChI=1S/C21H22N2O3/c24-19-21(13-7-8-14-21)26-20(25)23(19)16-22(18-11-5-2-6-12-18)15-17-9-3-1-4-10-17/h1-6,9-12H,7-8,13-16H2. The highest BCUT2D eigenvalue weighted by molar-refractivity contribution is 6.03. The lowest BCUT2D eigenvalue weighted by Crippen LogP contribution is -2.44. The molecule has 0 radical (unpaired) electrons. The predicted molar refractivity (Wildman–Crippen MR) is 98.5 cm³/mol. The number of carbonyl (C=O) groups excluding carboxylic acids is 2. The van der Waals surface area contributed by atoms with Crippen molar-refractivity contribution >= 4 is 17.7 Å². The Hall–Kier alpha value is -2.82. The summed E-state index contributed by atoms with van der Waals surface area (Å²) >= 11 is 0. The number of nitrogens with zero attached hydrogens (tertiary/aromatic N) is 2. The highest BCUT2D eigenvalue weighted by atomic mass is 16.6. The largest absolute Gasteiger partial charge is 0.432 e. The Bertz CT molecular complexity index is 785. The molecule has 134 valence electrons. The minimum Gasteiger partial charge on any atom is -0.432 e. The molecule has 1 spiro atoms. The summed E-state index contributed by atoms with van der Waals surface area (Å²) in [6.07, 6.45) is 2.61. The number of para-hydroxylation sites is 1. The second-order valence-electron chi connectivity index (χ2n) is 6.96. The monoisotopic (exact) mass is 350 g/mol. The molecule has 0 N–H and O–H groups in total. The van der Waals surface area contributed by atoms with Gasteiger partial charge in [0.1, 0.15) is 6.67 Å². The van der Waals surface area contributed by atoms with Gasteiger partial charge in [-0.05, 0) is 43.4 Å². The van der Waals surface area contributed by atoms with Crippen molar-refractivity contribution in [3.63, 3.8) is 0 Å². The molecule has 0 unspecified atom stereocenters. The molecular weight excluding hydrogens is 328 g/mol. The molecule has 26 heavy (non-hydrogen) atoms. The summed E-state index contributed by atoms with van der Waals surface area (Å²) in [5.41, 5.74) is 1.17. The van der Waals surface area contributed by atoms with Crippen LogP contribution < -0.4 is 4.90 Å². The molecule has 2 fully saturated rings. The fraction of sp³-hybridized carbons (Fsp3) is 0.333. The maximum Gasteiger partial charge on any atom is 0.419 e. The van der Waals surface area contributed by atoms with E-state index in [-0.39, 0.29) is 12.6 Å². The number of imide groups is 1. The molecule has 0 aromatic heterocycles. The van der Waals surface area contributed by atoms with Gasteiger partial charge < -0.3 is 9.64 Å². The van der Waals surface area contributed by atoms with E-state index in [0.29, 0.717) is 19.4 Å². The number of rotatable bonds is 5.